The first-order chi connectivity index (χ1) is 12.9. The first-order valence-corrected chi connectivity index (χ1v) is 8.77. The Labute approximate surface area is 153 Å². The van der Waals surface area contributed by atoms with Gasteiger partial charge in [0.25, 0.3) is 0 Å². The van der Waals surface area contributed by atoms with Crippen LogP contribution in [0, 0.1) is 11.8 Å². The molecule has 2 heterocycles. The number of fused-ring (bicyclic) bond motifs is 1. The van der Waals surface area contributed by atoms with Crippen LogP contribution in [0.25, 0.3) is 0 Å². The van der Waals surface area contributed by atoms with Crippen molar-refractivity contribution in [3.63, 3.8) is 0 Å². The summed E-state index contributed by atoms with van der Waals surface area (Å²) in [5, 5.41) is 4.15. The Hall–Kier alpha value is -2.64. The quantitative estimate of drug-likeness (QED) is 0.752. The number of carbonyl (C=O) groups excluding carboxylic acids is 1. The fourth-order valence-electron chi connectivity index (χ4n) is 3.43. The van der Waals surface area contributed by atoms with Crippen LogP contribution in [0.1, 0.15) is 36.9 Å². The molecule has 1 saturated carbocycles. The van der Waals surface area contributed by atoms with E-state index in [-0.39, 0.29) is 5.56 Å². The van der Waals surface area contributed by atoms with E-state index in [1.165, 1.54) is 29.1 Å². The summed E-state index contributed by atoms with van der Waals surface area (Å²) in [5.41, 5.74) is -0.380. The maximum Gasteiger partial charge on any atom is 0.416 e. The highest BCUT2D eigenvalue weighted by Crippen LogP contribution is 2.42. The molecule has 0 saturated heterocycles. The molecule has 0 amide bonds. The van der Waals surface area contributed by atoms with Crippen LogP contribution in [0.2, 0.25) is 0 Å². The summed E-state index contributed by atoms with van der Waals surface area (Å²) in [5.74, 6) is -0.748. The molecule has 5 nitrogen and oxygen atoms in total. The fraction of sp³-hybridized carbons (Fsp3) is 0.421. The number of hydrogen-bond donors (Lipinski definition) is 0. The Morgan fingerprint density at radius 1 is 1.26 bits per heavy atom. The summed E-state index contributed by atoms with van der Waals surface area (Å²) in [4.78, 5) is 17.1. The number of halogens is 3. The second-order valence-electron chi connectivity index (χ2n) is 6.97. The first kappa shape index (κ1) is 17.8. The maximum absolute atomic E-state index is 13.6. The molecule has 8 heteroatoms. The van der Waals surface area contributed by atoms with E-state index < -0.39 is 29.7 Å². The van der Waals surface area contributed by atoms with Gasteiger partial charge in [-0.3, -0.25) is 4.79 Å². The molecule has 2 aliphatic rings. The molecule has 142 valence electrons. The van der Waals surface area contributed by atoms with Gasteiger partial charge in [-0.25, -0.2) is 9.67 Å². The van der Waals surface area contributed by atoms with Crippen molar-refractivity contribution in [2.24, 2.45) is 16.8 Å². The van der Waals surface area contributed by atoms with Crippen molar-refractivity contribution in [1.29, 1.82) is 0 Å². The third-order valence-corrected chi connectivity index (χ3v) is 4.97. The van der Waals surface area contributed by atoms with Crippen LogP contribution >= 0.6 is 0 Å². The lowest BCUT2D eigenvalue weighted by molar-refractivity contribution is -0.148. The Kier molecular flexibility index (Phi) is 4.28. The molecule has 1 aromatic heterocycles. The van der Waals surface area contributed by atoms with Crippen LogP contribution in [0.5, 0.6) is 0 Å². The molecule has 2 atom stereocenters. The van der Waals surface area contributed by atoms with E-state index in [1.807, 2.05) is 0 Å². The van der Waals surface area contributed by atoms with Crippen molar-refractivity contribution in [3.8, 4) is 0 Å². The number of alkyl halides is 3. The number of ether oxygens (including phenoxy) is 1. The largest absolute Gasteiger partial charge is 0.465 e. The highest BCUT2D eigenvalue weighted by Gasteiger charge is 2.44. The summed E-state index contributed by atoms with van der Waals surface area (Å²) < 4.78 is 47.6. The zero-order valence-corrected chi connectivity index (χ0v) is 14.6. The minimum Gasteiger partial charge on any atom is -0.465 e. The molecule has 1 aliphatic carbocycles. The normalized spacial score (nSPS) is 22.1. The van der Waals surface area contributed by atoms with Gasteiger partial charge in [0.1, 0.15) is 5.92 Å². The molecule has 0 N–H and O–H groups in total. The second kappa shape index (κ2) is 6.51. The van der Waals surface area contributed by atoms with Crippen LogP contribution in [-0.4, -0.2) is 28.1 Å². The lowest BCUT2D eigenvalue weighted by atomic mass is 9.86. The van der Waals surface area contributed by atoms with E-state index in [0.717, 1.165) is 18.9 Å². The summed E-state index contributed by atoms with van der Waals surface area (Å²) in [6, 6.07) is 5.92. The van der Waals surface area contributed by atoms with Crippen LogP contribution in [0.3, 0.4) is 0 Å². The van der Waals surface area contributed by atoms with Crippen molar-refractivity contribution < 1.29 is 22.7 Å². The molecule has 1 aliphatic heterocycles. The first-order valence-electron chi connectivity index (χ1n) is 8.77. The predicted octanol–water partition coefficient (Wildman–Crippen LogP) is 4.17. The third-order valence-electron chi connectivity index (χ3n) is 4.97. The van der Waals surface area contributed by atoms with Crippen molar-refractivity contribution in [2.45, 2.75) is 32.0 Å². The molecule has 4 rings (SSSR count). The summed E-state index contributed by atoms with van der Waals surface area (Å²) >= 11 is 0. The van der Waals surface area contributed by atoms with Gasteiger partial charge in [-0.15, -0.1) is 0 Å². The zero-order valence-electron chi connectivity index (χ0n) is 14.6. The van der Waals surface area contributed by atoms with Gasteiger partial charge in [-0.2, -0.15) is 18.3 Å². The van der Waals surface area contributed by atoms with Gasteiger partial charge < -0.3 is 4.74 Å². The molecular formula is C19H18F3N3O2. The van der Waals surface area contributed by atoms with Crippen molar-refractivity contribution in [3.05, 3.63) is 47.7 Å². The average Bonchev–Trinajstić information content (AvgIpc) is 3.34. The van der Waals surface area contributed by atoms with Gasteiger partial charge in [0.15, 0.2) is 5.82 Å². The van der Waals surface area contributed by atoms with Crippen LogP contribution in [-0.2, 0) is 15.7 Å². The van der Waals surface area contributed by atoms with Crippen LogP contribution < -0.4 is 0 Å². The second-order valence-corrected chi connectivity index (χ2v) is 6.97. The molecule has 2 unspecified atom stereocenters. The Bertz CT molecular complexity index is 900. The van der Waals surface area contributed by atoms with Crippen LogP contribution in [0.4, 0.5) is 19.0 Å². The Morgan fingerprint density at radius 2 is 2.00 bits per heavy atom. The minimum atomic E-state index is -4.55. The predicted molar refractivity (Wildman–Crippen MR) is 91.8 cm³/mol. The van der Waals surface area contributed by atoms with Crippen molar-refractivity contribution in [1.82, 2.24) is 9.78 Å². The topological polar surface area (TPSA) is 56.5 Å². The van der Waals surface area contributed by atoms with Crippen molar-refractivity contribution >= 4 is 17.5 Å². The SMILES string of the molecule is CC1=Nc2ccnn2C(c2ccccc2C(F)(F)F)C1C(=O)OCC1CC1. The number of nitrogens with zero attached hydrogens (tertiary/aromatic N) is 3. The van der Waals surface area contributed by atoms with Gasteiger partial charge in [-0.05, 0) is 37.3 Å². The van der Waals surface area contributed by atoms with Gasteiger partial charge in [0.05, 0.1) is 24.4 Å². The smallest absolute Gasteiger partial charge is 0.416 e. The van der Waals surface area contributed by atoms with E-state index in [4.69, 9.17) is 4.74 Å². The number of carbonyl (C=O) groups is 1. The van der Waals surface area contributed by atoms with Crippen LogP contribution in [0.15, 0.2) is 41.5 Å². The molecule has 0 bridgehead atoms. The molecule has 0 spiro atoms. The highest BCUT2D eigenvalue weighted by atomic mass is 19.4. The van der Waals surface area contributed by atoms with Gasteiger partial charge in [0.2, 0.25) is 0 Å². The number of esters is 1. The lowest BCUT2D eigenvalue weighted by Gasteiger charge is -2.32. The maximum atomic E-state index is 13.6. The minimum absolute atomic E-state index is 0.0161. The summed E-state index contributed by atoms with van der Waals surface area (Å²) in [6.07, 6.45) is -1.06. The number of hydrogen-bond acceptors (Lipinski definition) is 4. The summed E-state index contributed by atoms with van der Waals surface area (Å²) in [7, 11) is 0. The van der Waals surface area contributed by atoms with Gasteiger partial charge >= 0.3 is 12.1 Å². The van der Waals surface area contributed by atoms with Gasteiger partial charge in [0, 0.05) is 11.8 Å². The van der Waals surface area contributed by atoms with E-state index in [9.17, 15) is 18.0 Å². The zero-order chi connectivity index (χ0) is 19.2. The standard InChI is InChI=1S/C19H18F3N3O2/c1-11-16(18(26)27-10-12-6-7-12)17(25-15(24-11)8-9-23-25)13-4-2-3-5-14(13)19(20,21)22/h2-5,8-9,12,16-17H,6-7,10H2,1H3. The fourth-order valence-corrected chi connectivity index (χ4v) is 3.43. The number of rotatable bonds is 4. The molecule has 0 radical (unpaired) electrons. The molecular weight excluding hydrogens is 359 g/mol. The number of benzene rings is 1. The molecule has 1 fully saturated rings. The highest BCUT2D eigenvalue weighted by molar-refractivity contribution is 6.03. The lowest BCUT2D eigenvalue weighted by Crippen LogP contribution is -2.38. The Balaban J connectivity index is 1.79. The summed E-state index contributed by atoms with van der Waals surface area (Å²) in [6.45, 7) is 1.94. The van der Waals surface area contributed by atoms with E-state index in [0.29, 0.717) is 24.1 Å². The number of aromatic nitrogens is 2. The van der Waals surface area contributed by atoms with E-state index >= 15 is 0 Å². The molecule has 1 aromatic carbocycles. The Morgan fingerprint density at radius 3 is 2.70 bits per heavy atom. The monoisotopic (exact) mass is 377 g/mol. The molecule has 27 heavy (non-hydrogen) atoms. The average molecular weight is 377 g/mol. The van der Waals surface area contributed by atoms with E-state index in [1.54, 1.807) is 13.0 Å². The molecule has 2 aromatic rings. The third kappa shape index (κ3) is 3.36. The van der Waals surface area contributed by atoms with Crippen molar-refractivity contribution in [2.75, 3.05) is 6.61 Å². The van der Waals surface area contributed by atoms with E-state index in [2.05, 4.69) is 10.1 Å². The van der Waals surface area contributed by atoms with Gasteiger partial charge in [-0.1, -0.05) is 18.2 Å². The number of aliphatic imine (C=N–C) groups is 1.